The molecule has 1 saturated heterocycles. The van der Waals surface area contributed by atoms with Crippen molar-refractivity contribution in [3.05, 3.63) is 51.2 Å². The molecule has 0 aliphatic carbocycles. The van der Waals surface area contributed by atoms with Crippen molar-refractivity contribution in [2.75, 3.05) is 29.6 Å². The molecule has 4 rings (SSSR count). The fourth-order valence-electron chi connectivity index (χ4n) is 4.34. The summed E-state index contributed by atoms with van der Waals surface area (Å²) < 4.78 is 25.9. The zero-order valence-electron chi connectivity index (χ0n) is 21.3. The molecule has 1 fully saturated rings. The highest BCUT2D eigenvalue weighted by molar-refractivity contribution is 8.00. The number of nitrogens with two attached hydrogens (primary N) is 1. The van der Waals surface area contributed by atoms with Gasteiger partial charge in [0.2, 0.25) is 10.0 Å². The van der Waals surface area contributed by atoms with Crippen LogP contribution in [0.4, 0.5) is 10.8 Å². The minimum Gasteiger partial charge on any atom is -0.477 e. The predicted octanol–water partition coefficient (Wildman–Crippen LogP) is 1.05. The Bertz CT molecular complexity index is 1530. The van der Waals surface area contributed by atoms with Crippen LogP contribution in [0.15, 0.2) is 33.9 Å². The second-order valence-electron chi connectivity index (χ2n) is 8.94. The minimum atomic E-state index is -3.51. The van der Waals surface area contributed by atoms with E-state index in [0.717, 1.165) is 34.3 Å². The van der Waals surface area contributed by atoms with E-state index in [1.54, 1.807) is 12.1 Å². The molecule has 0 bridgehead atoms. The lowest BCUT2D eigenvalue weighted by Gasteiger charge is -2.49. The van der Waals surface area contributed by atoms with Gasteiger partial charge in [0.15, 0.2) is 10.8 Å². The number of rotatable bonds is 9. The first-order valence-corrected chi connectivity index (χ1v) is 15.2. The Morgan fingerprint density at radius 3 is 2.64 bits per heavy atom. The largest absolute Gasteiger partial charge is 0.477 e. The molecule has 2 aliphatic heterocycles. The summed E-state index contributed by atoms with van der Waals surface area (Å²) in [5.74, 6) is -2.28. The number of aromatic nitrogens is 1. The van der Waals surface area contributed by atoms with E-state index in [1.165, 1.54) is 29.2 Å². The number of amides is 2. The number of hydrogen-bond acceptors (Lipinski definition) is 11. The highest BCUT2D eigenvalue weighted by Crippen LogP contribution is 2.41. The van der Waals surface area contributed by atoms with Crippen LogP contribution in [0, 0.1) is 13.8 Å². The van der Waals surface area contributed by atoms with Gasteiger partial charge in [0.25, 0.3) is 11.8 Å². The molecule has 16 heteroatoms. The van der Waals surface area contributed by atoms with E-state index in [0.29, 0.717) is 11.3 Å². The standard InChI is InChI=1S/C23H26N6O7S3/c1-10-5-14(28-39(4,34)35)7-12(11(10)2)6-13-8-37-21-17(20(31)29(21)18(13)22(32)33)26-19(30)16(27-36-3)15-9-38-23(24)25-15/h5,7,9,17,21,28H,6,8H2,1-4H3,(H2,24,25)(H,26,30)(H,32,33). The number of oxime groups is 1. The molecule has 0 spiro atoms. The van der Waals surface area contributed by atoms with E-state index in [1.807, 2.05) is 13.8 Å². The first kappa shape index (κ1) is 28.4. The summed E-state index contributed by atoms with van der Waals surface area (Å²) in [5.41, 5.74) is 8.83. The Kier molecular flexibility index (Phi) is 7.90. The number of fused-ring (bicyclic) bond motifs is 1. The molecule has 3 heterocycles. The van der Waals surface area contributed by atoms with Gasteiger partial charge < -0.3 is 21.0 Å². The highest BCUT2D eigenvalue weighted by Gasteiger charge is 2.54. The van der Waals surface area contributed by atoms with E-state index >= 15 is 0 Å². The highest BCUT2D eigenvalue weighted by atomic mass is 32.2. The van der Waals surface area contributed by atoms with Gasteiger partial charge in [-0.3, -0.25) is 19.2 Å². The molecule has 1 aromatic carbocycles. The first-order chi connectivity index (χ1) is 18.3. The van der Waals surface area contributed by atoms with E-state index in [9.17, 15) is 27.9 Å². The molecule has 13 nitrogen and oxygen atoms in total. The van der Waals surface area contributed by atoms with Crippen molar-refractivity contribution >= 4 is 67.4 Å². The number of carbonyl (C=O) groups is 3. The molecule has 5 N–H and O–H groups in total. The van der Waals surface area contributed by atoms with Crippen LogP contribution >= 0.6 is 23.1 Å². The van der Waals surface area contributed by atoms with Crippen molar-refractivity contribution in [2.45, 2.75) is 31.7 Å². The number of aryl methyl sites for hydroxylation is 1. The number of aliphatic carboxylic acids is 1. The van der Waals surface area contributed by atoms with Crippen LogP contribution in [0.3, 0.4) is 0 Å². The second kappa shape index (κ2) is 10.9. The third-order valence-electron chi connectivity index (χ3n) is 6.18. The monoisotopic (exact) mass is 594 g/mol. The Morgan fingerprint density at radius 1 is 1.33 bits per heavy atom. The minimum absolute atomic E-state index is 0.147. The number of thiazole rings is 1. The number of carboxylic acids is 1. The van der Waals surface area contributed by atoms with Gasteiger partial charge in [-0.2, -0.15) is 0 Å². The lowest BCUT2D eigenvalue weighted by atomic mass is 9.94. The van der Waals surface area contributed by atoms with Crippen LogP contribution < -0.4 is 15.8 Å². The third kappa shape index (κ3) is 5.86. The van der Waals surface area contributed by atoms with E-state index in [-0.39, 0.29) is 34.4 Å². The SMILES string of the molecule is CON=C(C(=O)NC1C(=O)N2C(C(=O)O)=C(Cc3cc(NS(C)(=O)=O)cc(C)c3C)CSC12)c1csc(N)n1. The van der Waals surface area contributed by atoms with Gasteiger partial charge in [-0.1, -0.05) is 5.16 Å². The number of anilines is 2. The molecule has 39 heavy (non-hydrogen) atoms. The molecule has 2 amide bonds. The molecule has 1 aromatic heterocycles. The lowest BCUT2D eigenvalue weighted by Crippen LogP contribution is -2.71. The van der Waals surface area contributed by atoms with E-state index < -0.39 is 39.2 Å². The summed E-state index contributed by atoms with van der Waals surface area (Å²) >= 11 is 2.43. The van der Waals surface area contributed by atoms with E-state index in [2.05, 4.69) is 20.2 Å². The van der Waals surface area contributed by atoms with Gasteiger partial charge >= 0.3 is 5.97 Å². The second-order valence-corrected chi connectivity index (χ2v) is 12.7. The van der Waals surface area contributed by atoms with Crippen LogP contribution in [-0.2, 0) is 35.7 Å². The summed E-state index contributed by atoms with van der Waals surface area (Å²) in [6.07, 6.45) is 1.25. The van der Waals surface area contributed by atoms with Crippen LogP contribution in [0.25, 0.3) is 0 Å². The number of carbonyl (C=O) groups excluding carboxylic acids is 2. The first-order valence-electron chi connectivity index (χ1n) is 11.4. The maximum Gasteiger partial charge on any atom is 0.352 e. The van der Waals surface area contributed by atoms with Crippen molar-refractivity contribution in [2.24, 2.45) is 5.16 Å². The number of nitrogens with one attached hydrogen (secondary N) is 2. The number of thioether (sulfide) groups is 1. The van der Waals surface area contributed by atoms with Crippen LogP contribution in [0.5, 0.6) is 0 Å². The Hall–Kier alpha value is -3.63. The molecule has 2 aromatic rings. The van der Waals surface area contributed by atoms with Crippen molar-refractivity contribution in [1.82, 2.24) is 15.2 Å². The van der Waals surface area contributed by atoms with Gasteiger partial charge in [-0.05, 0) is 54.7 Å². The molecule has 208 valence electrons. The third-order valence-corrected chi connectivity index (χ3v) is 8.80. The number of nitrogen functional groups attached to an aromatic ring is 1. The van der Waals surface area contributed by atoms with E-state index in [4.69, 9.17) is 10.6 Å². The van der Waals surface area contributed by atoms with Crippen molar-refractivity contribution in [1.29, 1.82) is 0 Å². The molecule has 0 radical (unpaired) electrons. The average molecular weight is 595 g/mol. The van der Waals surface area contributed by atoms with Gasteiger partial charge in [0.1, 0.15) is 29.9 Å². The molecule has 2 aliphatic rings. The Balaban J connectivity index is 1.58. The summed E-state index contributed by atoms with van der Waals surface area (Å²) in [4.78, 5) is 48.3. The quantitative estimate of drug-likeness (QED) is 0.185. The maximum absolute atomic E-state index is 13.1. The summed E-state index contributed by atoms with van der Waals surface area (Å²) in [5, 5.41) is 17.5. The fraction of sp³-hybridized carbons (Fsp3) is 0.348. The van der Waals surface area contributed by atoms with Gasteiger partial charge in [0.05, 0.1) is 6.26 Å². The Labute approximate surface area is 232 Å². The predicted molar refractivity (Wildman–Crippen MR) is 148 cm³/mol. The number of hydrogen-bond donors (Lipinski definition) is 4. The zero-order chi connectivity index (χ0) is 28.6. The van der Waals surface area contributed by atoms with Crippen molar-refractivity contribution < 1.29 is 32.7 Å². The summed E-state index contributed by atoms with van der Waals surface area (Å²) in [6, 6.07) is 2.38. The number of nitrogens with zero attached hydrogens (tertiary/aromatic N) is 3. The molecule has 0 saturated carbocycles. The smallest absolute Gasteiger partial charge is 0.352 e. The molecule has 2 atom stereocenters. The van der Waals surface area contributed by atoms with Gasteiger partial charge in [0, 0.05) is 16.8 Å². The average Bonchev–Trinajstić information content (AvgIpc) is 3.28. The lowest BCUT2D eigenvalue weighted by molar-refractivity contribution is -0.150. The van der Waals surface area contributed by atoms with Gasteiger partial charge in [-0.25, -0.2) is 18.2 Å². The number of carboxylic acid groups (broad SMARTS) is 1. The van der Waals surface area contributed by atoms with Crippen molar-refractivity contribution in [3.63, 3.8) is 0 Å². The number of benzene rings is 1. The van der Waals surface area contributed by atoms with Crippen molar-refractivity contribution in [3.8, 4) is 0 Å². The number of β-lactam (4-membered cyclic amide) rings is 1. The molecule has 2 unspecified atom stereocenters. The topological polar surface area (TPSA) is 193 Å². The summed E-state index contributed by atoms with van der Waals surface area (Å²) in [7, 11) is -2.25. The fourth-order valence-corrected chi connectivity index (χ4v) is 6.78. The number of sulfonamides is 1. The van der Waals surface area contributed by atoms with Crippen LogP contribution in [0.2, 0.25) is 0 Å². The maximum atomic E-state index is 13.1. The van der Waals surface area contributed by atoms with Crippen LogP contribution in [0.1, 0.15) is 22.4 Å². The summed E-state index contributed by atoms with van der Waals surface area (Å²) in [6.45, 7) is 3.70. The zero-order valence-corrected chi connectivity index (χ0v) is 23.8. The molecular formula is C23H26N6O7S3. The normalized spacial score (nSPS) is 19.3. The Morgan fingerprint density at radius 2 is 2.05 bits per heavy atom. The van der Waals surface area contributed by atoms with Gasteiger partial charge in [-0.15, -0.1) is 23.1 Å². The van der Waals surface area contributed by atoms with Crippen LogP contribution in [-0.4, -0.2) is 77.4 Å². The molecular weight excluding hydrogens is 568 g/mol.